The Morgan fingerprint density at radius 1 is 0.596 bits per heavy atom. The highest BCUT2D eigenvalue weighted by Crippen LogP contribution is 2.53. The molecule has 4 heteroatoms. The molecular formula is C48H34N2S2. The van der Waals surface area contributed by atoms with Crippen molar-refractivity contribution in [3.63, 3.8) is 0 Å². The molecule has 2 nitrogen and oxygen atoms in total. The molecule has 3 aliphatic carbocycles. The van der Waals surface area contributed by atoms with Crippen LogP contribution in [0.4, 0.5) is 0 Å². The summed E-state index contributed by atoms with van der Waals surface area (Å²) in [4.78, 5) is 2.97. The molecule has 5 aliphatic rings. The van der Waals surface area contributed by atoms with Gasteiger partial charge in [0.15, 0.2) is 0 Å². The number of allylic oxidation sites excluding steroid dienone is 10. The third-order valence-corrected chi connectivity index (χ3v) is 14.6. The lowest BCUT2D eigenvalue weighted by Crippen LogP contribution is -2.11. The molecule has 7 aromatic rings. The molecular weight excluding hydrogens is 669 g/mol. The summed E-state index contributed by atoms with van der Waals surface area (Å²) in [6, 6.07) is 39.0. The first-order valence-corrected chi connectivity index (χ1v) is 20.3. The highest BCUT2D eigenvalue weighted by molar-refractivity contribution is 8.04. The maximum absolute atomic E-state index is 2.54. The lowest BCUT2D eigenvalue weighted by atomic mass is 9.91. The molecule has 2 aliphatic heterocycles. The second-order valence-corrected chi connectivity index (χ2v) is 17.1. The van der Waals surface area contributed by atoms with Crippen molar-refractivity contribution < 1.29 is 0 Å². The number of thioether (sulfide) groups is 2. The number of nitrogens with zero attached hydrogens (tertiary/aromatic N) is 2. The van der Waals surface area contributed by atoms with Crippen LogP contribution in [0.25, 0.3) is 66.1 Å². The summed E-state index contributed by atoms with van der Waals surface area (Å²) in [5.74, 6) is 0.391. The Balaban J connectivity index is 1.04. The summed E-state index contributed by atoms with van der Waals surface area (Å²) in [5.41, 5.74) is 14.6. The van der Waals surface area contributed by atoms with Gasteiger partial charge in [0.1, 0.15) is 0 Å². The Kier molecular flexibility index (Phi) is 6.32. The van der Waals surface area contributed by atoms with Crippen LogP contribution in [0.1, 0.15) is 30.7 Å². The van der Waals surface area contributed by atoms with Gasteiger partial charge in [0.05, 0.1) is 33.5 Å². The molecule has 0 amide bonds. The second kappa shape index (κ2) is 11.2. The van der Waals surface area contributed by atoms with E-state index in [1.54, 1.807) is 4.91 Å². The maximum Gasteiger partial charge on any atom is 0.0541 e. The minimum Gasteiger partial charge on any atom is -0.309 e. The summed E-state index contributed by atoms with van der Waals surface area (Å²) < 4.78 is 5.06. The van der Waals surface area contributed by atoms with Crippen molar-refractivity contribution in [1.82, 2.24) is 9.13 Å². The van der Waals surface area contributed by atoms with E-state index < -0.39 is 0 Å². The monoisotopic (exact) mass is 702 g/mol. The van der Waals surface area contributed by atoms with Crippen LogP contribution in [0, 0.1) is 0 Å². The SMILES string of the molecule is C1=CC2Sc3cccc(-n4c5ccccc5c5cc(-c6ccc7c(c6)c6ccccc6n7C6=C7C8=C(CCC=C8)SC7CC=C6)ccc54)c3C2C=C1. The molecule has 4 heterocycles. The lowest BCUT2D eigenvalue weighted by molar-refractivity contribution is 0.867. The van der Waals surface area contributed by atoms with Crippen LogP contribution in [0.15, 0.2) is 173 Å². The summed E-state index contributed by atoms with van der Waals surface area (Å²) in [7, 11) is 0. The van der Waals surface area contributed by atoms with Crippen molar-refractivity contribution in [1.29, 1.82) is 0 Å². The largest absolute Gasteiger partial charge is 0.309 e. The van der Waals surface area contributed by atoms with Crippen molar-refractivity contribution in [3.05, 3.63) is 173 Å². The van der Waals surface area contributed by atoms with Crippen LogP contribution in [0.2, 0.25) is 0 Å². The normalized spacial score (nSPS) is 21.6. The number of hydrogen-bond acceptors (Lipinski definition) is 2. The average Bonchev–Trinajstić information content (AvgIpc) is 3.95. The first kappa shape index (κ1) is 29.4. The topological polar surface area (TPSA) is 9.86 Å². The van der Waals surface area contributed by atoms with Gasteiger partial charge in [-0.05, 0) is 107 Å². The first-order chi connectivity index (χ1) is 25.8. The zero-order valence-corrected chi connectivity index (χ0v) is 30.1. The van der Waals surface area contributed by atoms with E-state index in [0.717, 1.165) is 12.8 Å². The third-order valence-electron chi connectivity index (χ3n) is 11.8. The standard InChI is InChI=1S/C48H34N2S2/c1-5-15-37-31(11-1)35-27-29(23-25-39(35)49(37)41-17-9-21-45-47(41)33-13-3-7-19-43(33)51-45)30-24-26-40-36(28-30)32-12-2-6-16-38(32)50(40)42-18-10-22-46-48(42)34-14-4-8-20-44(34)52-46/h1-7,9-19,21,23-28,33,43,46H,8,20,22H2. The summed E-state index contributed by atoms with van der Waals surface area (Å²) in [6.07, 6.45) is 22.1. The molecule has 0 bridgehead atoms. The molecule has 0 fully saturated rings. The number of para-hydroxylation sites is 2. The molecule has 3 atom stereocenters. The molecule has 0 spiro atoms. The smallest absolute Gasteiger partial charge is 0.0541 e. The zero-order valence-electron chi connectivity index (χ0n) is 28.5. The number of aromatic nitrogens is 2. The predicted molar refractivity (Wildman–Crippen MR) is 224 cm³/mol. The van der Waals surface area contributed by atoms with Gasteiger partial charge in [0.2, 0.25) is 0 Å². The molecule has 5 aromatic carbocycles. The highest BCUT2D eigenvalue weighted by Gasteiger charge is 2.35. The fraction of sp³-hybridized carbons (Fsp3) is 0.125. The lowest BCUT2D eigenvalue weighted by Gasteiger charge is -2.22. The first-order valence-electron chi connectivity index (χ1n) is 18.5. The van der Waals surface area contributed by atoms with Crippen LogP contribution in [0.5, 0.6) is 0 Å². The van der Waals surface area contributed by atoms with Crippen molar-refractivity contribution in [2.24, 2.45) is 0 Å². The van der Waals surface area contributed by atoms with Gasteiger partial charge in [0.25, 0.3) is 0 Å². The summed E-state index contributed by atoms with van der Waals surface area (Å²) in [5, 5.41) is 6.17. The second-order valence-electron chi connectivity index (χ2n) is 14.6. The van der Waals surface area contributed by atoms with Crippen molar-refractivity contribution >= 4 is 72.8 Å². The minimum absolute atomic E-state index is 0.391. The van der Waals surface area contributed by atoms with Gasteiger partial charge >= 0.3 is 0 Å². The van der Waals surface area contributed by atoms with Gasteiger partial charge in [-0.25, -0.2) is 0 Å². The van der Waals surface area contributed by atoms with Gasteiger partial charge in [-0.1, -0.05) is 97.1 Å². The van der Waals surface area contributed by atoms with E-state index in [9.17, 15) is 0 Å². The Labute approximate surface area is 311 Å². The van der Waals surface area contributed by atoms with E-state index in [2.05, 4.69) is 173 Å². The summed E-state index contributed by atoms with van der Waals surface area (Å²) >= 11 is 4.10. The average molecular weight is 703 g/mol. The molecule has 0 saturated heterocycles. The van der Waals surface area contributed by atoms with Gasteiger partial charge in [-0.2, -0.15) is 0 Å². The van der Waals surface area contributed by atoms with E-state index in [4.69, 9.17) is 0 Å². The van der Waals surface area contributed by atoms with Crippen LogP contribution in [-0.2, 0) is 0 Å². The predicted octanol–water partition coefficient (Wildman–Crippen LogP) is 13.1. The third kappa shape index (κ3) is 4.11. The molecule has 52 heavy (non-hydrogen) atoms. The molecule has 0 radical (unpaired) electrons. The number of rotatable bonds is 3. The quantitative estimate of drug-likeness (QED) is 0.181. The van der Waals surface area contributed by atoms with E-state index >= 15 is 0 Å². The molecule has 3 unspecified atom stereocenters. The van der Waals surface area contributed by atoms with E-state index in [-0.39, 0.29) is 0 Å². The molecule has 248 valence electrons. The Morgan fingerprint density at radius 2 is 1.31 bits per heavy atom. The zero-order chi connectivity index (χ0) is 33.9. The maximum atomic E-state index is 2.54. The molecule has 0 N–H and O–H groups in total. The Hall–Kier alpha value is -5.16. The van der Waals surface area contributed by atoms with Crippen molar-refractivity contribution in [2.45, 2.75) is 40.6 Å². The van der Waals surface area contributed by atoms with Gasteiger partial charge < -0.3 is 9.13 Å². The van der Waals surface area contributed by atoms with Gasteiger partial charge in [-0.15, -0.1) is 23.5 Å². The Bertz CT molecular complexity index is 2900. The number of benzene rings is 5. The van der Waals surface area contributed by atoms with Crippen LogP contribution in [-0.4, -0.2) is 19.6 Å². The van der Waals surface area contributed by atoms with E-state index in [0.29, 0.717) is 16.4 Å². The van der Waals surface area contributed by atoms with Crippen molar-refractivity contribution in [2.75, 3.05) is 0 Å². The minimum atomic E-state index is 0.391. The highest BCUT2D eigenvalue weighted by atomic mass is 32.2. The van der Waals surface area contributed by atoms with E-state index in [1.165, 1.54) is 94.1 Å². The van der Waals surface area contributed by atoms with Crippen LogP contribution < -0.4 is 0 Å². The van der Waals surface area contributed by atoms with Crippen LogP contribution >= 0.6 is 23.5 Å². The van der Waals surface area contributed by atoms with Gasteiger partial charge in [0, 0.05) is 42.9 Å². The number of hydrogen-bond donors (Lipinski definition) is 0. The molecule has 0 saturated carbocycles. The fourth-order valence-corrected chi connectivity index (χ4v) is 12.4. The fourth-order valence-electron chi connectivity index (χ4n) is 9.56. The number of fused-ring (bicyclic) bond motifs is 11. The van der Waals surface area contributed by atoms with Gasteiger partial charge in [-0.3, -0.25) is 0 Å². The van der Waals surface area contributed by atoms with E-state index in [1.807, 2.05) is 11.8 Å². The Morgan fingerprint density at radius 3 is 2.12 bits per heavy atom. The molecule has 2 aromatic heterocycles. The summed E-state index contributed by atoms with van der Waals surface area (Å²) in [6.45, 7) is 0. The van der Waals surface area contributed by atoms with Crippen molar-refractivity contribution in [3.8, 4) is 16.8 Å². The van der Waals surface area contributed by atoms with Crippen LogP contribution in [0.3, 0.4) is 0 Å². The molecule has 12 rings (SSSR count).